The monoisotopic (exact) mass is 439 g/mol. The fourth-order valence-electron chi connectivity index (χ4n) is 3.79. The summed E-state index contributed by atoms with van der Waals surface area (Å²) in [6.45, 7) is 4.12. The van der Waals surface area contributed by atoms with E-state index in [-0.39, 0.29) is 23.7 Å². The van der Waals surface area contributed by atoms with Crippen LogP contribution in [-0.2, 0) is 20.9 Å². The van der Waals surface area contributed by atoms with E-state index in [4.69, 9.17) is 9.47 Å². The van der Waals surface area contributed by atoms with Gasteiger partial charge in [-0.05, 0) is 43.7 Å². The lowest BCUT2D eigenvalue weighted by molar-refractivity contribution is -0.138. The highest BCUT2D eigenvalue weighted by atomic mass is 16.5. The Labute approximate surface area is 193 Å². The molecule has 0 unspecified atom stereocenters. The van der Waals surface area contributed by atoms with E-state index in [1.165, 1.54) is 0 Å². The average Bonchev–Trinajstić information content (AvgIpc) is 3.09. The van der Waals surface area contributed by atoms with E-state index in [0.717, 1.165) is 5.56 Å². The number of para-hydroxylation sites is 2. The summed E-state index contributed by atoms with van der Waals surface area (Å²) in [4.78, 5) is 27.9. The molecule has 4 rings (SSSR count). The van der Waals surface area contributed by atoms with Crippen LogP contribution in [0, 0.1) is 0 Å². The number of nitrogens with zero attached hydrogens (tertiary/aromatic N) is 1. The van der Waals surface area contributed by atoms with Gasteiger partial charge in [-0.3, -0.25) is 9.69 Å². The van der Waals surface area contributed by atoms with Crippen LogP contribution < -0.4 is 9.64 Å². The van der Waals surface area contributed by atoms with E-state index in [2.05, 4.69) is 0 Å². The summed E-state index contributed by atoms with van der Waals surface area (Å²) in [7, 11) is 0. The van der Waals surface area contributed by atoms with E-state index in [9.17, 15) is 9.59 Å². The smallest absolute Gasteiger partial charge is 0.340 e. The summed E-state index contributed by atoms with van der Waals surface area (Å²) in [5, 5.41) is 0. The van der Waals surface area contributed by atoms with Crippen LogP contribution in [0.4, 0.5) is 5.69 Å². The number of ether oxygens (including phenoxy) is 2. The van der Waals surface area contributed by atoms with Gasteiger partial charge in [-0.15, -0.1) is 0 Å². The van der Waals surface area contributed by atoms with Gasteiger partial charge in [-0.1, -0.05) is 66.7 Å². The molecule has 0 N–H and O–H groups in total. The average molecular weight is 440 g/mol. The minimum atomic E-state index is -0.518. The van der Waals surface area contributed by atoms with Crippen molar-refractivity contribution in [3.8, 4) is 5.75 Å². The Morgan fingerprint density at radius 3 is 2.24 bits per heavy atom. The van der Waals surface area contributed by atoms with Crippen LogP contribution in [0.15, 0.2) is 102 Å². The first-order valence-electron chi connectivity index (χ1n) is 10.9. The number of esters is 1. The Kier molecular flexibility index (Phi) is 6.69. The lowest BCUT2D eigenvalue weighted by Gasteiger charge is -2.17. The Hall–Kier alpha value is -4.12. The zero-order valence-corrected chi connectivity index (χ0v) is 18.7. The Morgan fingerprint density at radius 2 is 1.55 bits per heavy atom. The predicted molar refractivity (Wildman–Crippen MR) is 128 cm³/mol. The molecule has 0 aliphatic carbocycles. The van der Waals surface area contributed by atoms with Crippen LogP contribution in [0.1, 0.15) is 25.0 Å². The minimum absolute atomic E-state index is 0.221. The van der Waals surface area contributed by atoms with E-state index in [1.54, 1.807) is 24.8 Å². The molecule has 0 radical (unpaired) electrons. The van der Waals surface area contributed by atoms with Crippen LogP contribution in [-0.4, -0.2) is 18.5 Å². The van der Waals surface area contributed by atoms with Crippen molar-refractivity contribution in [3.63, 3.8) is 0 Å². The number of anilines is 1. The number of hydrogen-bond acceptors (Lipinski definition) is 4. The molecule has 0 bridgehead atoms. The summed E-state index contributed by atoms with van der Waals surface area (Å²) >= 11 is 0. The molecule has 3 aromatic carbocycles. The molecule has 1 amide bonds. The number of rotatable bonds is 7. The highest BCUT2D eigenvalue weighted by Crippen LogP contribution is 2.36. The number of allylic oxidation sites excluding steroid dienone is 1. The van der Waals surface area contributed by atoms with E-state index >= 15 is 0 Å². The first kappa shape index (κ1) is 22.1. The van der Waals surface area contributed by atoms with E-state index < -0.39 is 5.97 Å². The third-order valence-electron chi connectivity index (χ3n) is 5.35. The lowest BCUT2D eigenvalue weighted by Crippen LogP contribution is -2.24. The molecular formula is C28H25NO4. The van der Waals surface area contributed by atoms with Crippen molar-refractivity contribution in [1.82, 2.24) is 0 Å². The van der Waals surface area contributed by atoms with Gasteiger partial charge in [-0.2, -0.15) is 0 Å². The second-order valence-electron chi connectivity index (χ2n) is 7.53. The third-order valence-corrected chi connectivity index (χ3v) is 5.35. The normalized spacial score (nSPS) is 14.7. The van der Waals surface area contributed by atoms with Crippen LogP contribution >= 0.6 is 0 Å². The van der Waals surface area contributed by atoms with Crippen LogP contribution in [0.2, 0.25) is 0 Å². The molecule has 0 saturated heterocycles. The fraction of sp³-hybridized carbons (Fsp3) is 0.143. The van der Waals surface area contributed by atoms with Crippen molar-refractivity contribution in [2.24, 2.45) is 0 Å². The van der Waals surface area contributed by atoms with Crippen molar-refractivity contribution < 1.29 is 19.1 Å². The second kappa shape index (κ2) is 10.0. The van der Waals surface area contributed by atoms with Gasteiger partial charge >= 0.3 is 5.97 Å². The maximum atomic E-state index is 13.5. The molecule has 33 heavy (non-hydrogen) atoms. The van der Waals surface area contributed by atoms with Gasteiger partial charge in [0.1, 0.15) is 12.4 Å². The highest BCUT2D eigenvalue weighted by molar-refractivity contribution is 6.23. The van der Waals surface area contributed by atoms with Gasteiger partial charge in [0.05, 0.1) is 17.8 Å². The van der Waals surface area contributed by atoms with Crippen LogP contribution in [0.3, 0.4) is 0 Å². The predicted octanol–water partition coefficient (Wildman–Crippen LogP) is 5.53. The first-order chi connectivity index (χ1) is 16.1. The number of carbonyl (C=O) groups excluding carboxylic acids is 2. The molecule has 1 aliphatic heterocycles. The quantitative estimate of drug-likeness (QED) is 0.359. The Balaban J connectivity index is 1.73. The topological polar surface area (TPSA) is 55.8 Å². The molecule has 0 fully saturated rings. The molecule has 1 heterocycles. The number of benzene rings is 3. The third kappa shape index (κ3) is 4.72. The van der Waals surface area contributed by atoms with E-state index in [0.29, 0.717) is 29.3 Å². The molecule has 0 atom stereocenters. The minimum Gasteiger partial charge on any atom is -0.488 e. The van der Waals surface area contributed by atoms with Gasteiger partial charge in [0.25, 0.3) is 5.91 Å². The zero-order chi connectivity index (χ0) is 23.2. The molecule has 3 aromatic rings. The fourth-order valence-corrected chi connectivity index (χ4v) is 3.79. The van der Waals surface area contributed by atoms with Gasteiger partial charge in [0.15, 0.2) is 0 Å². The summed E-state index contributed by atoms with van der Waals surface area (Å²) in [5.74, 6) is -0.170. The largest absolute Gasteiger partial charge is 0.488 e. The van der Waals surface area contributed by atoms with Crippen LogP contribution in [0.5, 0.6) is 5.75 Å². The number of hydrogen-bond donors (Lipinski definition) is 0. The highest BCUT2D eigenvalue weighted by Gasteiger charge is 2.38. The van der Waals surface area contributed by atoms with Crippen molar-refractivity contribution >= 4 is 23.6 Å². The summed E-state index contributed by atoms with van der Waals surface area (Å²) in [6, 6.07) is 26.6. The second-order valence-corrected chi connectivity index (χ2v) is 7.53. The Morgan fingerprint density at radius 1 is 0.909 bits per heavy atom. The van der Waals surface area contributed by atoms with Gasteiger partial charge in [-0.25, -0.2) is 4.79 Å². The number of carbonyl (C=O) groups is 2. The molecule has 5 heteroatoms. The summed E-state index contributed by atoms with van der Waals surface area (Å²) < 4.78 is 11.3. The van der Waals surface area contributed by atoms with Crippen molar-refractivity contribution in [2.75, 3.05) is 11.5 Å². The van der Waals surface area contributed by atoms with Gasteiger partial charge < -0.3 is 9.47 Å². The van der Waals surface area contributed by atoms with Crippen molar-refractivity contribution in [1.29, 1.82) is 0 Å². The van der Waals surface area contributed by atoms with E-state index in [1.807, 2.05) is 84.9 Å². The SMILES string of the molecule is CCOC(=O)C1=C(C)N(c2ccccc2)C(=O)C1=Cc1ccccc1OCc1ccccc1. The molecule has 5 nitrogen and oxygen atoms in total. The molecule has 0 aromatic heterocycles. The van der Waals surface area contributed by atoms with Crippen LogP contribution in [0.25, 0.3) is 6.08 Å². The van der Waals surface area contributed by atoms with Crippen molar-refractivity contribution in [2.45, 2.75) is 20.5 Å². The maximum absolute atomic E-state index is 13.5. The molecular weight excluding hydrogens is 414 g/mol. The van der Waals surface area contributed by atoms with Crippen molar-refractivity contribution in [3.05, 3.63) is 113 Å². The summed E-state index contributed by atoms with van der Waals surface area (Å²) in [6.07, 6.45) is 1.71. The molecule has 166 valence electrons. The number of amides is 1. The maximum Gasteiger partial charge on any atom is 0.340 e. The first-order valence-corrected chi connectivity index (χ1v) is 10.9. The molecule has 1 aliphatic rings. The van der Waals surface area contributed by atoms with Gasteiger partial charge in [0.2, 0.25) is 0 Å². The van der Waals surface area contributed by atoms with Gasteiger partial charge in [0, 0.05) is 16.9 Å². The lowest BCUT2D eigenvalue weighted by atomic mass is 10.0. The zero-order valence-electron chi connectivity index (χ0n) is 18.7. The Bertz CT molecular complexity index is 1210. The standard InChI is InChI=1S/C28H25NO4/c1-3-32-28(31)26-20(2)29(23-15-8-5-9-16-23)27(30)24(26)18-22-14-10-11-17-25(22)33-19-21-12-6-4-7-13-21/h4-18H,3,19H2,1-2H3. The summed E-state index contributed by atoms with van der Waals surface area (Å²) in [5.41, 5.74) is 3.53. The molecule has 0 spiro atoms. The molecule has 0 saturated carbocycles.